The molecule has 3 aromatic rings. The third kappa shape index (κ3) is 3.57. The standard InChI is InChI=1S/C15H11F3N6/c16-15(17,18)9-6-7-20-11(8-9)12-22-13(19)24-14(23-12)21-10-4-2-1-3-5-10/h1-8H,(H3,19,21,22,23,24). The quantitative estimate of drug-likeness (QED) is 0.765. The van der Waals surface area contributed by atoms with Crippen LogP contribution in [0.15, 0.2) is 48.7 Å². The van der Waals surface area contributed by atoms with E-state index in [0.717, 1.165) is 18.3 Å². The van der Waals surface area contributed by atoms with Gasteiger partial charge in [-0.1, -0.05) is 18.2 Å². The fourth-order valence-electron chi connectivity index (χ4n) is 1.94. The first-order chi connectivity index (χ1) is 11.4. The molecule has 2 heterocycles. The average Bonchev–Trinajstić information content (AvgIpc) is 2.54. The first-order valence-corrected chi connectivity index (χ1v) is 6.79. The van der Waals surface area contributed by atoms with Crippen molar-refractivity contribution in [1.29, 1.82) is 0 Å². The van der Waals surface area contributed by atoms with E-state index in [0.29, 0.717) is 5.69 Å². The second kappa shape index (κ2) is 6.11. The first kappa shape index (κ1) is 15.7. The van der Waals surface area contributed by atoms with Gasteiger partial charge in [0.25, 0.3) is 0 Å². The summed E-state index contributed by atoms with van der Waals surface area (Å²) >= 11 is 0. The number of hydrogen-bond acceptors (Lipinski definition) is 6. The zero-order valence-corrected chi connectivity index (χ0v) is 12.1. The molecule has 0 aliphatic rings. The summed E-state index contributed by atoms with van der Waals surface area (Å²) in [5.74, 6) is -0.0624. The van der Waals surface area contributed by atoms with E-state index in [-0.39, 0.29) is 23.4 Å². The van der Waals surface area contributed by atoms with Crippen LogP contribution in [-0.2, 0) is 6.18 Å². The second-order valence-corrected chi connectivity index (χ2v) is 4.76. The zero-order chi connectivity index (χ0) is 17.2. The van der Waals surface area contributed by atoms with Gasteiger partial charge in [0.15, 0.2) is 5.82 Å². The van der Waals surface area contributed by atoms with E-state index in [2.05, 4.69) is 25.3 Å². The van der Waals surface area contributed by atoms with E-state index in [1.54, 1.807) is 12.1 Å². The van der Waals surface area contributed by atoms with Crippen LogP contribution in [0.5, 0.6) is 0 Å². The molecular weight excluding hydrogens is 321 g/mol. The van der Waals surface area contributed by atoms with Gasteiger partial charge in [-0.3, -0.25) is 4.98 Å². The highest BCUT2D eigenvalue weighted by molar-refractivity contribution is 5.58. The summed E-state index contributed by atoms with van der Waals surface area (Å²) in [6.07, 6.45) is -3.44. The maximum Gasteiger partial charge on any atom is 0.416 e. The average molecular weight is 332 g/mol. The van der Waals surface area contributed by atoms with Crippen molar-refractivity contribution < 1.29 is 13.2 Å². The molecule has 0 radical (unpaired) electrons. The Labute approximate surface area is 134 Å². The lowest BCUT2D eigenvalue weighted by atomic mass is 10.2. The van der Waals surface area contributed by atoms with Gasteiger partial charge in [-0.15, -0.1) is 0 Å². The zero-order valence-electron chi connectivity index (χ0n) is 12.1. The van der Waals surface area contributed by atoms with Gasteiger partial charge in [0.1, 0.15) is 5.69 Å². The van der Waals surface area contributed by atoms with E-state index in [4.69, 9.17) is 5.73 Å². The van der Waals surface area contributed by atoms with Crippen LogP contribution >= 0.6 is 0 Å². The highest BCUT2D eigenvalue weighted by Crippen LogP contribution is 2.30. The number of para-hydroxylation sites is 1. The molecule has 6 nitrogen and oxygen atoms in total. The second-order valence-electron chi connectivity index (χ2n) is 4.76. The smallest absolute Gasteiger partial charge is 0.368 e. The minimum absolute atomic E-state index is 0.0463. The predicted octanol–water partition coefficient (Wildman–Crippen LogP) is 3.28. The van der Waals surface area contributed by atoms with Gasteiger partial charge in [-0.05, 0) is 24.3 Å². The van der Waals surface area contributed by atoms with Crippen molar-refractivity contribution in [3.05, 3.63) is 54.2 Å². The largest absolute Gasteiger partial charge is 0.416 e. The number of hydrogen-bond donors (Lipinski definition) is 2. The van der Waals surface area contributed by atoms with Crippen molar-refractivity contribution >= 4 is 17.6 Å². The van der Waals surface area contributed by atoms with Crippen molar-refractivity contribution in [2.45, 2.75) is 6.18 Å². The number of nitrogens with one attached hydrogen (secondary N) is 1. The Kier molecular flexibility index (Phi) is 3.98. The molecule has 0 fully saturated rings. The Morgan fingerprint density at radius 2 is 1.71 bits per heavy atom. The van der Waals surface area contributed by atoms with E-state index in [1.807, 2.05) is 18.2 Å². The monoisotopic (exact) mass is 332 g/mol. The molecule has 2 aromatic heterocycles. The summed E-state index contributed by atoms with van der Waals surface area (Å²) in [5, 5.41) is 2.91. The molecule has 24 heavy (non-hydrogen) atoms. The highest BCUT2D eigenvalue weighted by atomic mass is 19.4. The number of nitrogens with zero attached hydrogens (tertiary/aromatic N) is 4. The van der Waals surface area contributed by atoms with Gasteiger partial charge in [-0.25, -0.2) is 0 Å². The molecule has 3 N–H and O–H groups in total. The summed E-state index contributed by atoms with van der Waals surface area (Å²) in [6, 6.07) is 10.7. The number of aromatic nitrogens is 4. The summed E-state index contributed by atoms with van der Waals surface area (Å²) in [6.45, 7) is 0. The number of nitrogen functional groups attached to an aromatic ring is 1. The van der Waals surface area contributed by atoms with Gasteiger partial charge in [-0.2, -0.15) is 28.1 Å². The Bertz CT molecular complexity index is 851. The third-order valence-corrected chi connectivity index (χ3v) is 3.00. The molecular formula is C15H11F3N6. The molecule has 0 amide bonds. The fraction of sp³-hybridized carbons (Fsp3) is 0.0667. The number of halogens is 3. The van der Waals surface area contributed by atoms with Crippen molar-refractivity contribution in [2.24, 2.45) is 0 Å². The molecule has 0 atom stereocenters. The van der Waals surface area contributed by atoms with Crippen LogP contribution in [0, 0.1) is 0 Å². The van der Waals surface area contributed by atoms with Crippen molar-refractivity contribution in [1.82, 2.24) is 19.9 Å². The number of alkyl halides is 3. The van der Waals surface area contributed by atoms with Crippen LogP contribution in [0.25, 0.3) is 11.5 Å². The van der Waals surface area contributed by atoms with Gasteiger partial charge >= 0.3 is 6.18 Å². The van der Waals surface area contributed by atoms with Crippen molar-refractivity contribution in [3.63, 3.8) is 0 Å². The molecule has 0 bridgehead atoms. The topological polar surface area (TPSA) is 89.6 Å². The minimum atomic E-state index is -4.48. The molecule has 0 unspecified atom stereocenters. The number of rotatable bonds is 3. The predicted molar refractivity (Wildman–Crippen MR) is 82.2 cm³/mol. The lowest BCUT2D eigenvalue weighted by Gasteiger charge is -2.09. The molecule has 1 aromatic carbocycles. The molecule has 3 rings (SSSR count). The van der Waals surface area contributed by atoms with Crippen LogP contribution < -0.4 is 11.1 Å². The van der Waals surface area contributed by atoms with E-state index in [1.165, 1.54) is 0 Å². The minimum Gasteiger partial charge on any atom is -0.368 e. The van der Waals surface area contributed by atoms with E-state index >= 15 is 0 Å². The Hall–Kier alpha value is -3.23. The van der Waals surface area contributed by atoms with Crippen molar-refractivity contribution in [2.75, 3.05) is 11.1 Å². The Balaban J connectivity index is 1.97. The van der Waals surface area contributed by atoms with Crippen LogP contribution in [0.1, 0.15) is 5.56 Å². The molecule has 122 valence electrons. The van der Waals surface area contributed by atoms with Crippen LogP contribution in [0.4, 0.5) is 30.8 Å². The highest BCUT2D eigenvalue weighted by Gasteiger charge is 2.31. The van der Waals surface area contributed by atoms with Gasteiger partial charge in [0.05, 0.1) is 5.56 Å². The molecule has 0 saturated carbocycles. The summed E-state index contributed by atoms with van der Waals surface area (Å²) in [7, 11) is 0. The van der Waals surface area contributed by atoms with E-state index in [9.17, 15) is 13.2 Å². The Morgan fingerprint density at radius 3 is 2.42 bits per heavy atom. The van der Waals surface area contributed by atoms with Crippen LogP contribution in [0.3, 0.4) is 0 Å². The number of pyridine rings is 1. The summed E-state index contributed by atoms with van der Waals surface area (Å²) in [4.78, 5) is 15.7. The summed E-state index contributed by atoms with van der Waals surface area (Å²) < 4.78 is 38.4. The molecule has 0 aliphatic carbocycles. The van der Waals surface area contributed by atoms with Gasteiger partial charge < -0.3 is 11.1 Å². The number of nitrogens with two attached hydrogens (primary N) is 1. The van der Waals surface area contributed by atoms with Crippen LogP contribution in [0.2, 0.25) is 0 Å². The van der Waals surface area contributed by atoms with Gasteiger partial charge in [0.2, 0.25) is 11.9 Å². The lowest BCUT2D eigenvalue weighted by molar-refractivity contribution is -0.137. The summed E-state index contributed by atoms with van der Waals surface area (Å²) in [5.41, 5.74) is 5.43. The fourth-order valence-corrected chi connectivity index (χ4v) is 1.94. The van der Waals surface area contributed by atoms with E-state index < -0.39 is 11.7 Å². The molecule has 0 saturated heterocycles. The maximum atomic E-state index is 12.8. The van der Waals surface area contributed by atoms with Gasteiger partial charge in [0, 0.05) is 11.9 Å². The number of anilines is 3. The van der Waals surface area contributed by atoms with Crippen LogP contribution in [-0.4, -0.2) is 19.9 Å². The molecule has 9 heteroatoms. The molecule has 0 spiro atoms. The molecule has 0 aliphatic heterocycles. The lowest BCUT2D eigenvalue weighted by Crippen LogP contribution is -2.08. The normalized spacial score (nSPS) is 11.3. The Morgan fingerprint density at radius 1 is 0.958 bits per heavy atom. The first-order valence-electron chi connectivity index (χ1n) is 6.79. The maximum absolute atomic E-state index is 12.8. The van der Waals surface area contributed by atoms with Crippen molar-refractivity contribution in [3.8, 4) is 11.5 Å². The SMILES string of the molecule is Nc1nc(Nc2ccccc2)nc(-c2cc(C(F)(F)F)ccn2)n1. The number of benzene rings is 1. The third-order valence-electron chi connectivity index (χ3n) is 3.00.